The van der Waals surface area contributed by atoms with E-state index in [2.05, 4.69) is 5.32 Å². The van der Waals surface area contributed by atoms with Crippen LogP contribution in [0.4, 0.5) is 4.79 Å². The lowest BCUT2D eigenvalue weighted by molar-refractivity contribution is 0.0473. The van der Waals surface area contributed by atoms with E-state index >= 15 is 0 Å². The molecule has 90 valence electrons. The molecule has 0 aromatic rings. The summed E-state index contributed by atoms with van der Waals surface area (Å²) in [5.41, 5.74) is -0.503. The summed E-state index contributed by atoms with van der Waals surface area (Å²) < 4.78 is 4.51. The third-order valence-corrected chi connectivity index (χ3v) is 2.50. The molecule has 0 fully saturated rings. The van der Waals surface area contributed by atoms with Crippen LogP contribution in [0, 0.1) is 0 Å². The van der Waals surface area contributed by atoms with Gasteiger partial charge in [-0.15, -0.1) is 0 Å². The van der Waals surface area contributed by atoms with Crippen molar-refractivity contribution in [1.82, 2.24) is 5.32 Å². The predicted molar refractivity (Wildman–Crippen MR) is 68.1 cm³/mol. The Morgan fingerprint density at radius 1 is 1.53 bits per heavy atom. The van der Waals surface area contributed by atoms with E-state index in [9.17, 15) is 9.90 Å². The molecule has 0 aliphatic carbocycles. The summed E-state index contributed by atoms with van der Waals surface area (Å²) in [6.07, 6.45) is 1.17. The molecule has 2 atom stereocenters. The normalized spacial score (nSPS) is 15.6. The minimum absolute atomic E-state index is 0.245. The second-order valence-electron chi connectivity index (χ2n) is 4.41. The van der Waals surface area contributed by atoms with E-state index in [0.29, 0.717) is 0 Å². The van der Waals surface area contributed by atoms with E-state index in [-0.39, 0.29) is 6.04 Å². The van der Waals surface area contributed by atoms with E-state index in [1.807, 2.05) is 50.3 Å². The zero-order valence-corrected chi connectivity index (χ0v) is 11.9. The molecule has 0 radical (unpaired) electrons. The summed E-state index contributed by atoms with van der Waals surface area (Å²) in [5.74, 6) is 0. The maximum absolute atomic E-state index is 11.4. The molecule has 1 unspecified atom stereocenters. The van der Waals surface area contributed by atoms with Crippen LogP contribution < -0.4 is 5.32 Å². The van der Waals surface area contributed by atoms with E-state index < -0.39 is 15.8 Å². The fourth-order valence-electron chi connectivity index (χ4n) is 1.05. The second-order valence-corrected chi connectivity index (χ2v) is 5.69. The van der Waals surface area contributed by atoms with Gasteiger partial charge in [0.2, 0.25) is 0 Å². The molecule has 0 aliphatic rings. The van der Waals surface area contributed by atoms with E-state index in [0.717, 1.165) is 12.8 Å². The van der Waals surface area contributed by atoms with Crippen LogP contribution >= 0.6 is 22.6 Å². The van der Waals surface area contributed by atoms with Crippen molar-refractivity contribution in [3.05, 3.63) is 0 Å². The lowest BCUT2D eigenvalue weighted by Gasteiger charge is -2.24. The fourth-order valence-corrected chi connectivity index (χ4v) is 1.59. The first-order valence-electron chi connectivity index (χ1n) is 5.08. The first-order valence-corrected chi connectivity index (χ1v) is 6.32. The van der Waals surface area contributed by atoms with Crippen molar-refractivity contribution in [1.29, 1.82) is 0 Å². The Morgan fingerprint density at radius 3 is 2.40 bits per heavy atom. The van der Waals surface area contributed by atoms with Crippen molar-refractivity contribution >= 4 is 28.7 Å². The van der Waals surface area contributed by atoms with Crippen molar-refractivity contribution in [3.8, 4) is 0 Å². The molecule has 4 nitrogen and oxygen atoms in total. The van der Waals surface area contributed by atoms with Crippen molar-refractivity contribution in [2.24, 2.45) is 0 Å². The number of aliphatic hydroxyl groups is 1. The van der Waals surface area contributed by atoms with Gasteiger partial charge in [0.15, 0.2) is 0 Å². The van der Waals surface area contributed by atoms with Crippen LogP contribution in [-0.4, -0.2) is 27.0 Å². The smallest absolute Gasteiger partial charge is 0.407 e. The number of ether oxygens (including phenoxy) is 1. The number of alkyl halides is 1. The lowest BCUT2D eigenvalue weighted by atomic mass is 10.2. The fraction of sp³-hybridized carbons (Fsp3) is 0.900. The number of rotatable bonds is 4. The molecule has 0 saturated heterocycles. The molecule has 5 heteroatoms. The summed E-state index contributed by atoms with van der Waals surface area (Å²) in [6.45, 7) is 7.43. The largest absolute Gasteiger partial charge is 0.444 e. The minimum Gasteiger partial charge on any atom is -0.444 e. The predicted octanol–water partition coefficient (Wildman–Crippen LogP) is 2.43. The zero-order chi connectivity index (χ0) is 12.1. The highest BCUT2D eigenvalue weighted by Crippen LogP contribution is 2.11. The van der Waals surface area contributed by atoms with E-state index in [1.54, 1.807) is 0 Å². The van der Waals surface area contributed by atoms with Crippen molar-refractivity contribution in [3.63, 3.8) is 0 Å². The van der Waals surface area contributed by atoms with Crippen LogP contribution in [0.1, 0.15) is 40.5 Å². The van der Waals surface area contributed by atoms with Gasteiger partial charge in [-0.3, -0.25) is 0 Å². The molecule has 0 aliphatic heterocycles. The van der Waals surface area contributed by atoms with Gasteiger partial charge in [-0.1, -0.05) is 13.3 Å². The topological polar surface area (TPSA) is 58.6 Å². The number of nitrogens with one attached hydrogen (secondary N) is 1. The van der Waals surface area contributed by atoms with Gasteiger partial charge in [-0.05, 0) is 49.8 Å². The minimum atomic E-state index is -0.588. The van der Waals surface area contributed by atoms with Crippen LogP contribution in [0.3, 0.4) is 0 Å². The molecule has 0 saturated carbocycles. The lowest BCUT2D eigenvalue weighted by Crippen LogP contribution is -2.43. The number of carbonyl (C=O) groups excluding carboxylic acids is 1. The average Bonchev–Trinajstić information content (AvgIpc) is 1.99. The van der Waals surface area contributed by atoms with E-state index in [1.165, 1.54) is 0 Å². The molecular formula is C10H20INO3. The molecular weight excluding hydrogens is 309 g/mol. The first kappa shape index (κ1) is 15.0. The van der Waals surface area contributed by atoms with Crippen LogP contribution in [-0.2, 0) is 4.74 Å². The van der Waals surface area contributed by atoms with Crippen molar-refractivity contribution in [2.75, 3.05) is 0 Å². The Morgan fingerprint density at radius 2 is 2.07 bits per heavy atom. The van der Waals surface area contributed by atoms with Crippen LogP contribution in [0.25, 0.3) is 0 Å². The highest BCUT2D eigenvalue weighted by Gasteiger charge is 2.22. The third-order valence-electron chi connectivity index (χ3n) is 1.63. The van der Waals surface area contributed by atoms with Gasteiger partial charge < -0.3 is 15.2 Å². The van der Waals surface area contributed by atoms with Gasteiger partial charge in [0.1, 0.15) is 9.71 Å². The monoisotopic (exact) mass is 329 g/mol. The number of hydrogen-bond acceptors (Lipinski definition) is 3. The summed E-state index contributed by atoms with van der Waals surface area (Å²) in [7, 11) is 0. The van der Waals surface area contributed by atoms with Gasteiger partial charge >= 0.3 is 6.09 Å². The van der Waals surface area contributed by atoms with Crippen LogP contribution in [0.5, 0.6) is 0 Å². The molecule has 1 amide bonds. The first-order chi connectivity index (χ1) is 6.76. The summed E-state index contributed by atoms with van der Waals surface area (Å²) in [6, 6.07) is -0.245. The number of hydrogen-bond donors (Lipinski definition) is 2. The number of alkyl carbamates (subject to hydrolysis) is 1. The molecule has 0 rings (SSSR count). The molecule has 0 spiro atoms. The average molecular weight is 329 g/mol. The Labute approximate surface area is 105 Å². The molecule has 2 N–H and O–H groups in total. The van der Waals surface area contributed by atoms with Crippen molar-refractivity contribution < 1.29 is 14.6 Å². The van der Waals surface area contributed by atoms with Crippen LogP contribution in [0.2, 0.25) is 0 Å². The number of aliphatic hydroxyl groups excluding tert-OH is 1. The van der Waals surface area contributed by atoms with E-state index in [4.69, 9.17) is 4.74 Å². The van der Waals surface area contributed by atoms with Gasteiger partial charge in [-0.2, -0.15) is 0 Å². The quantitative estimate of drug-likeness (QED) is 0.615. The van der Waals surface area contributed by atoms with Gasteiger partial charge in [-0.25, -0.2) is 4.79 Å². The Kier molecular flexibility index (Phi) is 6.51. The summed E-state index contributed by atoms with van der Waals surface area (Å²) in [5, 5.41) is 12.1. The standard InChI is InChI=1S/C10H20INO3/c1-5-6-7(8(11)13)12-9(14)15-10(2,3)4/h7-8,13H,5-6H2,1-4H3,(H,12,14)/t7-,8?/m0/s1. The zero-order valence-electron chi connectivity index (χ0n) is 9.71. The van der Waals surface area contributed by atoms with Crippen LogP contribution in [0.15, 0.2) is 0 Å². The number of carbonyl (C=O) groups is 1. The molecule has 0 heterocycles. The molecule has 0 bridgehead atoms. The maximum atomic E-state index is 11.4. The summed E-state index contributed by atoms with van der Waals surface area (Å²) in [4.78, 5) is 11.4. The van der Waals surface area contributed by atoms with Crippen molar-refractivity contribution in [2.45, 2.75) is 56.3 Å². The summed E-state index contributed by atoms with van der Waals surface area (Å²) >= 11 is 1.88. The van der Waals surface area contributed by atoms with Gasteiger partial charge in [0, 0.05) is 0 Å². The third kappa shape index (κ3) is 7.84. The Balaban J connectivity index is 4.11. The van der Waals surface area contributed by atoms with Gasteiger partial charge in [0.25, 0.3) is 0 Å². The highest BCUT2D eigenvalue weighted by molar-refractivity contribution is 14.1. The number of halogens is 1. The second kappa shape index (κ2) is 6.52. The Bertz CT molecular complexity index is 201. The molecule has 0 aromatic carbocycles. The number of amides is 1. The molecule has 15 heavy (non-hydrogen) atoms. The highest BCUT2D eigenvalue weighted by atomic mass is 127. The SMILES string of the molecule is CCC[C@H](NC(=O)OC(C)(C)C)C(O)I. The molecule has 0 aromatic heterocycles. The maximum Gasteiger partial charge on any atom is 0.407 e. The van der Waals surface area contributed by atoms with Gasteiger partial charge in [0.05, 0.1) is 6.04 Å². The Hall–Kier alpha value is -0.0400.